The van der Waals surface area contributed by atoms with Crippen LogP contribution in [0, 0.1) is 0 Å². The molecule has 0 unspecified atom stereocenters. The van der Waals surface area contributed by atoms with E-state index >= 15 is 0 Å². The molecule has 0 aliphatic carbocycles. The summed E-state index contributed by atoms with van der Waals surface area (Å²) in [6.07, 6.45) is 1.56. The second-order valence-electron chi connectivity index (χ2n) is 2.32. The Hall–Kier alpha value is -0.940. The Morgan fingerprint density at radius 1 is 1.69 bits per heavy atom. The van der Waals surface area contributed by atoms with Crippen LogP contribution in [0.1, 0.15) is 10.5 Å². The van der Waals surface area contributed by atoms with Gasteiger partial charge in [0.25, 0.3) is 5.91 Å². The molecular weight excluding hydrogens is 236 g/mol. The first-order chi connectivity index (χ1) is 6.16. The van der Waals surface area contributed by atoms with Crippen molar-refractivity contribution in [2.45, 2.75) is 0 Å². The van der Waals surface area contributed by atoms with Crippen LogP contribution in [0.2, 0.25) is 0 Å². The van der Waals surface area contributed by atoms with E-state index in [1.807, 2.05) is 0 Å². The molecule has 0 aromatic carbocycles. The fourth-order valence-electron chi connectivity index (χ4n) is 0.775. The Morgan fingerprint density at radius 2 is 2.38 bits per heavy atom. The van der Waals surface area contributed by atoms with Gasteiger partial charge in [-0.2, -0.15) is 0 Å². The summed E-state index contributed by atoms with van der Waals surface area (Å²) in [5, 5.41) is 1.12. The van der Waals surface area contributed by atoms with Gasteiger partial charge in [-0.05, 0) is 28.1 Å². The number of rotatable bonds is 2. The fraction of sp³-hybridized carbons (Fsp3) is 0.250. The van der Waals surface area contributed by atoms with Gasteiger partial charge in [0.05, 0.1) is 7.11 Å². The highest BCUT2D eigenvalue weighted by atomic mass is 79.9. The Balaban J connectivity index is 2.95. The molecule has 0 bridgehead atoms. The molecule has 1 aromatic heterocycles. The smallest absolute Gasteiger partial charge is 0.274 e. The second kappa shape index (κ2) is 4.34. The molecule has 13 heavy (non-hydrogen) atoms. The maximum absolute atomic E-state index is 11.5. The molecule has 0 saturated carbocycles. The zero-order valence-electron chi connectivity index (χ0n) is 7.32. The molecule has 0 fully saturated rings. The summed E-state index contributed by atoms with van der Waals surface area (Å²) in [5.41, 5.74) is 0.340. The van der Waals surface area contributed by atoms with E-state index in [0.717, 1.165) is 5.06 Å². The lowest BCUT2D eigenvalue weighted by Crippen LogP contribution is -2.26. The van der Waals surface area contributed by atoms with Crippen molar-refractivity contribution in [1.82, 2.24) is 10.0 Å². The highest BCUT2D eigenvalue weighted by Crippen LogP contribution is 2.14. The topological polar surface area (TPSA) is 42.4 Å². The van der Waals surface area contributed by atoms with Gasteiger partial charge < -0.3 is 0 Å². The molecule has 70 valence electrons. The van der Waals surface area contributed by atoms with Crippen molar-refractivity contribution in [2.24, 2.45) is 0 Å². The van der Waals surface area contributed by atoms with Crippen molar-refractivity contribution in [2.75, 3.05) is 14.2 Å². The van der Waals surface area contributed by atoms with E-state index in [4.69, 9.17) is 4.84 Å². The molecule has 4 nitrogen and oxygen atoms in total. The molecule has 0 atom stereocenters. The van der Waals surface area contributed by atoms with Gasteiger partial charge in [0.1, 0.15) is 5.69 Å². The highest BCUT2D eigenvalue weighted by Gasteiger charge is 2.15. The number of nitrogens with zero attached hydrogens (tertiary/aromatic N) is 2. The van der Waals surface area contributed by atoms with Crippen LogP contribution in [0.15, 0.2) is 22.8 Å². The lowest BCUT2D eigenvalue weighted by atomic mass is 10.3. The maximum Gasteiger partial charge on any atom is 0.296 e. The van der Waals surface area contributed by atoms with Crippen molar-refractivity contribution in [3.63, 3.8) is 0 Å². The molecule has 0 aliphatic rings. The second-order valence-corrected chi connectivity index (χ2v) is 3.17. The summed E-state index contributed by atoms with van der Waals surface area (Å²) >= 11 is 3.23. The van der Waals surface area contributed by atoms with Crippen molar-refractivity contribution in [3.8, 4) is 0 Å². The Morgan fingerprint density at radius 3 is 2.92 bits per heavy atom. The number of hydrogen-bond acceptors (Lipinski definition) is 3. The SMILES string of the molecule is CON(C)C(=O)c1ncccc1Br. The number of pyridine rings is 1. The quantitative estimate of drug-likeness (QED) is 0.741. The van der Waals surface area contributed by atoms with E-state index in [9.17, 15) is 4.79 Å². The number of hydroxylamine groups is 2. The molecule has 1 amide bonds. The standard InChI is InChI=1S/C8H9BrN2O2/c1-11(13-2)8(12)7-6(9)4-3-5-10-7/h3-5H,1-2H3. The van der Waals surface area contributed by atoms with Crippen LogP contribution in [0.5, 0.6) is 0 Å². The van der Waals surface area contributed by atoms with Gasteiger partial charge in [0.15, 0.2) is 0 Å². The average molecular weight is 245 g/mol. The fourth-order valence-corrected chi connectivity index (χ4v) is 1.20. The largest absolute Gasteiger partial charge is 0.296 e. The normalized spacial score (nSPS) is 9.77. The molecule has 1 heterocycles. The van der Waals surface area contributed by atoms with E-state index in [1.165, 1.54) is 14.2 Å². The molecule has 0 aliphatic heterocycles. The van der Waals surface area contributed by atoms with Gasteiger partial charge >= 0.3 is 0 Å². The van der Waals surface area contributed by atoms with Crippen LogP contribution in [-0.4, -0.2) is 30.1 Å². The minimum Gasteiger partial charge on any atom is -0.274 e. The summed E-state index contributed by atoms with van der Waals surface area (Å²) in [6, 6.07) is 3.50. The monoisotopic (exact) mass is 244 g/mol. The Bertz CT molecular complexity index is 317. The van der Waals surface area contributed by atoms with E-state index < -0.39 is 0 Å². The minimum absolute atomic E-state index is 0.282. The van der Waals surface area contributed by atoms with Gasteiger partial charge in [-0.15, -0.1) is 0 Å². The third-order valence-electron chi connectivity index (χ3n) is 1.52. The molecule has 1 rings (SSSR count). The Kier molecular flexibility index (Phi) is 3.39. The molecule has 0 radical (unpaired) electrons. The third kappa shape index (κ3) is 2.26. The molecule has 0 N–H and O–H groups in total. The molecule has 0 saturated heterocycles. The van der Waals surface area contributed by atoms with Crippen molar-refractivity contribution >= 4 is 21.8 Å². The lowest BCUT2D eigenvalue weighted by molar-refractivity contribution is -0.0761. The number of carbonyl (C=O) groups excluding carboxylic acids is 1. The van der Waals surface area contributed by atoms with Crippen LogP contribution in [0.4, 0.5) is 0 Å². The molecular formula is C8H9BrN2O2. The summed E-state index contributed by atoms with van der Waals surface area (Å²) in [5.74, 6) is -0.282. The van der Waals surface area contributed by atoms with Crippen LogP contribution in [-0.2, 0) is 4.84 Å². The first-order valence-electron chi connectivity index (χ1n) is 3.59. The summed E-state index contributed by atoms with van der Waals surface area (Å²) in [7, 11) is 2.96. The van der Waals surface area contributed by atoms with Gasteiger partial charge in [0, 0.05) is 17.7 Å². The molecule has 1 aromatic rings. The summed E-state index contributed by atoms with van der Waals surface area (Å²) in [4.78, 5) is 20.2. The number of amides is 1. The predicted molar refractivity (Wildman–Crippen MR) is 51.0 cm³/mol. The maximum atomic E-state index is 11.5. The van der Waals surface area contributed by atoms with E-state index in [1.54, 1.807) is 18.3 Å². The minimum atomic E-state index is -0.282. The van der Waals surface area contributed by atoms with E-state index in [2.05, 4.69) is 20.9 Å². The van der Waals surface area contributed by atoms with Crippen LogP contribution < -0.4 is 0 Å². The molecule has 0 spiro atoms. The van der Waals surface area contributed by atoms with Crippen molar-refractivity contribution in [1.29, 1.82) is 0 Å². The first-order valence-corrected chi connectivity index (χ1v) is 4.38. The highest BCUT2D eigenvalue weighted by molar-refractivity contribution is 9.10. The number of aromatic nitrogens is 1. The summed E-state index contributed by atoms with van der Waals surface area (Å²) in [6.45, 7) is 0. The number of carbonyl (C=O) groups is 1. The number of hydrogen-bond donors (Lipinski definition) is 0. The van der Waals surface area contributed by atoms with Gasteiger partial charge in [-0.1, -0.05) is 0 Å². The zero-order valence-corrected chi connectivity index (χ0v) is 8.91. The van der Waals surface area contributed by atoms with Crippen LogP contribution in [0.25, 0.3) is 0 Å². The average Bonchev–Trinajstić information content (AvgIpc) is 2.16. The van der Waals surface area contributed by atoms with Gasteiger partial charge in [-0.3, -0.25) is 9.63 Å². The van der Waals surface area contributed by atoms with Crippen LogP contribution in [0.3, 0.4) is 0 Å². The Labute approximate surface area is 84.6 Å². The molecule has 5 heteroatoms. The van der Waals surface area contributed by atoms with Crippen molar-refractivity contribution < 1.29 is 9.63 Å². The van der Waals surface area contributed by atoms with Crippen molar-refractivity contribution in [3.05, 3.63) is 28.5 Å². The summed E-state index contributed by atoms with van der Waals surface area (Å²) < 4.78 is 0.656. The lowest BCUT2D eigenvalue weighted by Gasteiger charge is -2.13. The number of halogens is 1. The predicted octanol–water partition coefficient (Wildman–Crippen LogP) is 1.48. The first kappa shape index (κ1) is 10.1. The van der Waals surface area contributed by atoms with E-state index in [0.29, 0.717) is 10.2 Å². The van der Waals surface area contributed by atoms with E-state index in [-0.39, 0.29) is 5.91 Å². The van der Waals surface area contributed by atoms with Crippen LogP contribution >= 0.6 is 15.9 Å². The van der Waals surface area contributed by atoms with Gasteiger partial charge in [-0.25, -0.2) is 10.0 Å². The zero-order chi connectivity index (χ0) is 9.84. The third-order valence-corrected chi connectivity index (χ3v) is 2.16. The van der Waals surface area contributed by atoms with Gasteiger partial charge in [0.2, 0.25) is 0 Å².